The number of carbonyl (C=O) groups excluding carboxylic acids is 1. The van der Waals surface area contributed by atoms with Gasteiger partial charge in [-0.15, -0.1) is 0 Å². The summed E-state index contributed by atoms with van der Waals surface area (Å²) in [5.74, 6) is 0.0577. The predicted octanol–water partition coefficient (Wildman–Crippen LogP) is -0.746. The first-order valence-electron chi connectivity index (χ1n) is 5.54. The topological polar surface area (TPSA) is 70.6 Å². The van der Waals surface area contributed by atoms with Crippen LogP contribution < -0.4 is 10.6 Å². The van der Waals surface area contributed by atoms with Crippen molar-refractivity contribution in [2.45, 2.75) is 25.3 Å². The van der Waals surface area contributed by atoms with Gasteiger partial charge in [0.1, 0.15) is 0 Å². The Kier molecular flexibility index (Phi) is 6.31. The monoisotopic (exact) mass is 216 g/mol. The first kappa shape index (κ1) is 12.4. The van der Waals surface area contributed by atoms with Gasteiger partial charge in [0.25, 0.3) is 0 Å². The average Bonchev–Trinajstić information content (AvgIpc) is 2.30. The van der Waals surface area contributed by atoms with E-state index in [1.165, 1.54) is 0 Å². The van der Waals surface area contributed by atoms with Crippen LogP contribution >= 0.6 is 0 Å². The van der Waals surface area contributed by atoms with Gasteiger partial charge in [0.2, 0.25) is 5.91 Å². The third kappa shape index (κ3) is 5.11. The lowest BCUT2D eigenvalue weighted by Crippen LogP contribution is -2.47. The zero-order valence-electron chi connectivity index (χ0n) is 9.00. The van der Waals surface area contributed by atoms with E-state index in [1.54, 1.807) is 0 Å². The molecule has 15 heavy (non-hydrogen) atoms. The van der Waals surface area contributed by atoms with E-state index in [2.05, 4.69) is 10.6 Å². The van der Waals surface area contributed by atoms with Gasteiger partial charge in [-0.05, 0) is 19.4 Å². The fourth-order valence-corrected chi connectivity index (χ4v) is 1.61. The molecule has 88 valence electrons. The minimum atomic E-state index is -0.0309. The summed E-state index contributed by atoms with van der Waals surface area (Å²) in [5, 5.41) is 14.4. The summed E-state index contributed by atoms with van der Waals surface area (Å²) in [6, 6.07) is -0.0309. The molecular weight excluding hydrogens is 196 g/mol. The zero-order valence-corrected chi connectivity index (χ0v) is 9.00. The smallest absolute Gasteiger partial charge is 0.237 e. The number of rotatable bonds is 6. The number of carbonyl (C=O) groups is 1. The lowest BCUT2D eigenvalue weighted by atomic mass is 10.0. The zero-order chi connectivity index (χ0) is 10.9. The molecule has 1 rings (SSSR count). The minimum absolute atomic E-state index is 0.0259. The highest BCUT2D eigenvalue weighted by Crippen LogP contribution is 2.06. The summed E-state index contributed by atoms with van der Waals surface area (Å²) >= 11 is 0. The van der Waals surface area contributed by atoms with Crippen LogP contribution in [0.4, 0.5) is 0 Å². The predicted molar refractivity (Wildman–Crippen MR) is 56.6 cm³/mol. The number of amides is 1. The number of aliphatic hydroxyl groups excluding tert-OH is 1. The molecular formula is C10H20N2O3. The number of hydrogen-bond donors (Lipinski definition) is 3. The van der Waals surface area contributed by atoms with Gasteiger partial charge in [-0.1, -0.05) is 6.42 Å². The molecule has 1 aliphatic heterocycles. The van der Waals surface area contributed by atoms with Gasteiger partial charge in [0.05, 0.1) is 25.9 Å². The van der Waals surface area contributed by atoms with E-state index in [4.69, 9.17) is 9.84 Å². The number of ether oxygens (including phenoxy) is 1. The van der Waals surface area contributed by atoms with E-state index in [0.717, 1.165) is 25.8 Å². The average molecular weight is 216 g/mol. The maximum absolute atomic E-state index is 11.6. The van der Waals surface area contributed by atoms with Crippen LogP contribution in [0.2, 0.25) is 0 Å². The van der Waals surface area contributed by atoms with Gasteiger partial charge in [-0.25, -0.2) is 0 Å². The van der Waals surface area contributed by atoms with Gasteiger partial charge in [-0.3, -0.25) is 4.79 Å². The summed E-state index contributed by atoms with van der Waals surface area (Å²) in [4.78, 5) is 11.6. The first-order chi connectivity index (χ1) is 7.34. The summed E-state index contributed by atoms with van der Waals surface area (Å²) in [6.45, 7) is 2.25. The molecule has 5 heteroatoms. The van der Waals surface area contributed by atoms with E-state index < -0.39 is 0 Å². The second-order valence-corrected chi connectivity index (χ2v) is 3.63. The van der Waals surface area contributed by atoms with Crippen molar-refractivity contribution in [3.05, 3.63) is 0 Å². The van der Waals surface area contributed by atoms with Gasteiger partial charge >= 0.3 is 0 Å². The SMILES string of the molecule is O=C(NCCOCCO)[C@H]1CCCCN1. The fraction of sp³-hybridized carbons (Fsp3) is 0.900. The summed E-state index contributed by atoms with van der Waals surface area (Å²) in [5.41, 5.74) is 0. The lowest BCUT2D eigenvalue weighted by molar-refractivity contribution is -0.123. The highest BCUT2D eigenvalue weighted by Gasteiger charge is 2.19. The molecule has 1 aliphatic rings. The van der Waals surface area contributed by atoms with E-state index in [-0.39, 0.29) is 18.6 Å². The van der Waals surface area contributed by atoms with E-state index >= 15 is 0 Å². The van der Waals surface area contributed by atoms with E-state index in [0.29, 0.717) is 19.8 Å². The molecule has 0 saturated carbocycles. The molecule has 1 amide bonds. The van der Waals surface area contributed by atoms with Crippen molar-refractivity contribution < 1.29 is 14.6 Å². The van der Waals surface area contributed by atoms with Crippen LogP contribution in [0.15, 0.2) is 0 Å². The van der Waals surface area contributed by atoms with E-state index in [9.17, 15) is 4.79 Å². The lowest BCUT2D eigenvalue weighted by Gasteiger charge is -2.22. The number of hydrogen-bond acceptors (Lipinski definition) is 4. The number of nitrogens with one attached hydrogen (secondary N) is 2. The van der Waals surface area contributed by atoms with Crippen LogP contribution in [-0.4, -0.2) is 50.0 Å². The molecule has 5 nitrogen and oxygen atoms in total. The van der Waals surface area contributed by atoms with Crippen LogP contribution in [0.25, 0.3) is 0 Å². The first-order valence-corrected chi connectivity index (χ1v) is 5.54. The molecule has 1 atom stereocenters. The Morgan fingerprint density at radius 2 is 2.33 bits per heavy atom. The Balaban J connectivity index is 2.02. The van der Waals surface area contributed by atoms with Gasteiger partial charge < -0.3 is 20.5 Å². The van der Waals surface area contributed by atoms with Crippen LogP contribution in [-0.2, 0) is 9.53 Å². The standard InChI is InChI=1S/C10H20N2O3/c13-6-8-15-7-5-12-10(14)9-3-1-2-4-11-9/h9,11,13H,1-8H2,(H,12,14)/t9-/m1/s1. The second-order valence-electron chi connectivity index (χ2n) is 3.63. The van der Waals surface area contributed by atoms with Gasteiger partial charge in [-0.2, -0.15) is 0 Å². The van der Waals surface area contributed by atoms with Crippen LogP contribution in [0.3, 0.4) is 0 Å². The molecule has 0 unspecified atom stereocenters. The molecule has 0 bridgehead atoms. The van der Waals surface area contributed by atoms with Crippen LogP contribution in [0.1, 0.15) is 19.3 Å². The maximum atomic E-state index is 11.6. The molecule has 0 aromatic rings. The molecule has 1 saturated heterocycles. The quantitative estimate of drug-likeness (QED) is 0.511. The molecule has 0 spiro atoms. The normalized spacial score (nSPS) is 21.3. The molecule has 1 fully saturated rings. The third-order valence-corrected chi connectivity index (χ3v) is 2.41. The van der Waals surface area contributed by atoms with Crippen LogP contribution in [0.5, 0.6) is 0 Å². The maximum Gasteiger partial charge on any atom is 0.237 e. The van der Waals surface area contributed by atoms with Crippen molar-refractivity contribution in [1.82, 2.24) is 10.6 Å². The summed E-state index contributed by atoms with van der Waals surface area (Å²) in [6.07, 6.45) is 3.19. The largest absolute Gasteiger partial charge is 0.394 e. The van der Waals surface area contributed by atoms with Crippen molar-refractivity contribution in [3.63, 3.8) is 0 Å². The molecule has 0 aromatic carbocycles. The Morgan fingerprint density at radius 1 is 1.47 bits per heavy atom. The number of aliphatic hydroxyl groups is 1. The molecule has 0 aliphatic carbocycles. The molecule has 1 heterocycles. The van der Waals surface area contributed by atoms with Crippen molar-refractivity contribution >= 4 is 5.91 Å². The Bertz CT molecular complexity index is 182. The van der Waals surface area contributed by atoms with Gasteiger partial charge in [0.15, 0.2) is 0 Å². The third-order valence-electron chi connectivity index (χ3n) is 2.41. The fourth-order valence-electron chi connectivity index (χ4n) is 1.61. The molecule has 3 N–H and O–H groups in total. The molecule has 0 radical (unpaired) electrons. The van der Waals surface area contributed by atoms with Crippen molar-refractivity contribution in [2.24, 2.45) is 0 Å². The van der Waals surface area contributed by atoms with Crippen molar-refractivity contribution in [2.75, 3.05) is 32.9 Å². The van der Waals surface area contributed by atoms with Crippen molar-refractivity contribution in [3.8, 4) is 0 Å². The van der Waals surface area contributed by atoms with E-state index in [1.807, 2.05) is 0 Å². The summed E-state index contributed by atoms with van der Waals surface area (Å²) < 4.78 is 5.04. The second kappa shape index (κ2) is 7.62. The highest BCUT2D eigenvalue weighted by molar-refractivity contribution is 5.81. The Labute approximate surface area is 90.2 Å². The number of piperidine rings is 1. The van der Waals surface area contributed by atoms with Gasteiger partial charge in [0, 0.05) is 6.54 Å². The minimum Gasteiger partial charge on any atom is -0.394 e. The Morgan fingerprint density at radius 3 is 3.00 bits per heavy atom. The van der Waals surface area contributed by atoms with Crippen molar-refractivity contribution in [1.29, 1.82) is 0 Å². The summed E-state index contributed by atoms with van der Waals surface area (Å²) in [7, 11) is 0. The molecule has 0 aromatic heterocycles. The highest BCUT2D eigenvalue weighted by atomic mass is 16.5. The van der Waals surface area contributed by atoms with Crippen LogP contribution in [0, 0.1) is 0 Å². The Hall–Kier alpha value is -0.650.